The number of rotatable bonds is 5. The molecule has 0 aliphatic rings. The zero-order valence-electron chi connectivity index (χ0n) is 10.7. The lowest BCUT2D eigenvalue weighted by Gasteiger charge is -2.17. The molecule has 1 atom stereocenters. The molecule has 5 heteroatoms. The van der Waals surface area contributed by atoms with Crippen LogP contribution in [0.2, 0.25) is 0 Å². The van der Waals surface area contributed by atoms with Crippen molar-refractivity contribution in [1.82, 2.24) is 5.32 Å². The minimum absolute atomic E-state index is 0.232. The molecule has 1 heterocycles. The highest BCUT2D eigenvalue weighted by molar-refractivity contribution is 7.10. The van der Waals surface area contributed by atoms with E-state index in [0.717, 1.165) is 16.7 Å². The van der Waals surface area contributed by atoms with Gasteiger partial charge in [-0.25, -0.2) is 8.78 Å². The number of thiophene rings is 1. The molecule has 0 aliphatic carbocycles. The van der Waals surface area contributed by atoms with E-state index in [-0.39, 0.29) is 6.04 Å². The van der Waals surface area contributed by atoms with Gasteiger partial charge in [-0.15, -0.1) is 11.3 Å². The van der Waals surface area contributed by atoms with E-state index in [1.54, 1.807) is 7.11 Å². The second-order valence-electron chi connectivity index (χ2n) is 4.08. The fraction of sp³-hybridized carbons (Fsp3) is 0.286. The van der Waals surface area contributed by atoms with E-state index in [2.05, 4.69) is 5.32 Å². The Labute approximate surface area is 115 Å². The third-order valence-corrected chi connectivity index (χ3v) is 3.72. The number of benzene rings is 1. The fourth-order valence-corrected chi connectivity index (χ4v) is 2.88. The molecule has 1 unspecified atom stereocenters. The van der Waals surface area contributed by atoms with E-state index in [1.165, 1.54) is 23.5 Å². The molecule has 0 radical (unpaired) electrons. The normalized spacial score (nSPS) is 12.4. The Morgan fingerprint density at radius 3 is 2.42 bits per heavy atom. The lowest BCUT2D eigenvalue weighted by atomic mass is 10.0. The van der Waals surface area contributed by atoms with Crippen LogP contribution in [0.1, 0.15) is 23.4 Å². The molecular weight excluding hydrogens is 268 g/mol. The molecule has 2 rings (SSSR count). The SMILES string of the molecule is CCNC(c1cc(F)cc(F)c1)c1cc(OC)cs1. The average molecular weight is 283 g/mol. The molecule has 2 nitrogen and oxygen atoms in total. The van der Waals surface area contributed by atoms with Crippen LogP contribution in [0.5, 0.6) is 5.75 Å². The summed E-state index contributed by atoms with van der Waals surface area (Å²) in [4.78, 5) is 0.962. The van der Waals surface area contributed by atoms with Crippen LogP contribution in [0, 0.1) is 11.6 Å². The first-order valence-corrected chi connectivity index (χ1v) is 6.83. The summed E-state index contributed by atoms with van der Waals surface area (Å²) < 4.78 is 31.8. The Balaban J connectivity index is 2.38. The van der Waals surface area contributed by atoms with Gasteiger partial charge >= 0.3 is 0 Å². The topological polar surface area (TPSA) is 21.3 Å². The molecule has 1 aromatic carbocycles. The van der Waals surface area contributed by atoms with Crippen molar-refractivity contribution in [3.63, 3.8) is 0 Å². The van der Waals surface area contributed by atoms with Crippen LogP contribution in [0.4, 0.5) is 8.78 Å². The molecule has 0 spiro atoms. The van der Waals surface area contributed by atoms with Crippen LogP contribution < -0.4 is 10.1 Å². The Kier molecular flexibility index (Phi) is 4.50. The zero-order chi connectivity index (χ0) is 13.8. The first-order chi connectivity index (χ1) is 9.13. The third-order valence-electron chi connectivity index (χ3n) is 2.74. The molecule has 0 saturated carbocycles. The Morgan fingerprint density at radius 1 is 1.21 bits per heavy atom. The molecule has 19 heavy (non-hydrogen) atoms. The molecule has 1 N–H and O–H groups in total. The standard InChI is InChI=1S/C14H15F2NOS/c1-3-17-14(13-7-12(18-2)8-19-13)9-4-10(15)6-11(16)5-9/h4-8,14,17H,3H2,1-2H3. The molecule has 2 aromatic rings. The number of nitrogens with one attached hydrogen (secondary N) is 1. The number of hydrogen-bond acceptors (Lipinski definition) is 3. The smallest absolute Gasteiger partial charge is 0.129 e. The third kappa shape index (κ3) is 3.30. The second-order valence-corrected chi connectivity index (χ2v) is 5.03. The largest absolute Gasteiger partial charge is 0.496 e. The quantitative estimate of drug-likeness (QED) is 0.902. The van der Waals surface area contributed by atoms with Crippen molar-refractivity contribution in [2.75, 3.05) is 13.7 Å². The Morgan fingerprint density at radius 2 is 1.89 bits per heavy atom. The van der Waals surface area contributed by atoms with Gasteiger partial charge in [-0.3, -0.25) is 0 Å². The van der Waals surface area contributed by atoms with Crippen molar-refractivity contribution in [3.8, 4) is 5.75 Å². The fourth-order valence-electron chi connectivity index (χ4n) is 1.92. The zero-order valence-corrected chi connectivity index (χ0v) is 11.6. The highest BCUT2D eigenvalue weighted by atomic mass is 32.1. The van der Waals surface area contributed by atoms with Crippen molar-refractivity contribution in [3.05, 3.63) is 51.7 Å². The number of halogens is 2. The average Bonchev–Trinajstić information content (AvgIpc) is 2.83. The van der Waals surface area contributed by atoms with Gasteiger partial charge in [0.1, 0.15) is 17.4 Å². The molecular formula is C14H15F2NOS. The van der Waals surface area contributed by atoms with Gasteiger partial charge in [-0.1, -0.05) is 6.92 Å². The van der Waals surface area contributed by atoms with Gasteiger partial charge < -0.3 is 10.1 Å². The van der Waals surface area contributed by atoms with Gasteiger partial charge in [0.15, 0.2) is 0 Å². The lowest BCUT2D eigenvalue weighted by molar-refractivity contribution is 0.416. The van der Waals surface area contributed by atoms with Crippen molar-refractivity contribution in [1.29, 1.82) is 0 Å². The van der Waals surface area contributed by atoms with Crippen LogP contribution >= 0.6 is 11.3 Å². The molecule has 102 valence electrons. The highest BCUT2D eigenvalue weighted by Gasteiger charge is 2.17. The van der Waals surface area contributed by atoms with Crippen LogP contribution in [0.25, 0.3) is 0 Å². The summed E-state index contributed by atoms with van der Waals surface area (Å²) in [5, 5.41) is 5.10. The summed E-state index contributed by atoms with van der Waals surface area (Å²) in [6.07, 6.45) is 0. The highest BCUT2D eigenvalue weighted by Crippen LogP contribution is 2.31. The van der Waals surface area contributed by atoms with Crippen LogP contribution in [-0.4, -0.2) is 13.7 Å². The lowest BCUT2D eigenvalue weighted by Crippen LogP contribution is -2.21. The van der Waals surface area contributed by atoms with Gasteiger partial charge in [0.2, 0.25) is 0 Å². The van der Waals surface area contributed by atoms with E-state index >= 15 is 0 Å². The summed E-state index contributed by atoms with van der Waals surface area (Å²) in [5.41, 5.74) is 0.573. The van der Waals surface area contributed by atoms with Crippen LogP contribution in [-0.2, 0) is 0 Å². The van der Waals surface area contributed by atoms with Crippen molar-refractivity contribution >= 4 is 11.3 Å². The van der Waals surface area contributed by atoms with Gasteiger partial charge in [0, 0.05) is 16.3 Å². The summed E-state index contributed by atoms with van der Waals surface area (Å²) in [6, 6.07) is 5.22. The molecule has 0 amide bonds. The predicted octanol–water partition coefficient (Wildman–Crippen LogP) is 3.73. The van der Waals surface area contributed by atoms with Crippen LogP contribution in [0.3, 0.4) is 0 Å². The molecule has 0 bridgehead atoms. The summed E-state index contributed by atoms with van der Waals surface area (Å²) in [7, 11) is 1.59. The second kappa shape index (κ2) is 6.12. The Hall–Kier alpha value is -1.46. The van der Waals surface area contributed by atoms with Gasteiger partial charge in [0.25, 0.3) is 0 Å². The summed E-state index contributed by atoms with van der Waals surface area (Å²) >= 11 is 1.50. The van der Waals surface area contributed by atoms with Crippen molar-refractivity contribution in [2.24, 2.45) is 0 Å². The van der Waals surface area contributed by atoms with E-state index in [4.69, 9.17) is 4.74 Å². The molecule has 0 saturated heterocycles. The van der Waals surface area contributed by atoms with Crippen molar-refractivity contribution in [2.45, 2.75) is 13.0 Å². The number of methoxy groups -OCH3 is 1. The maximum absolute atomic E-state index is 13.3. The maximum atomic E-state index is 13.3. The predicted molar refractivity (Wildman–Crippen MR) is 72.7 cm³/mol. The first-order valence-electron chi connectivity index (χ1n) is 5.95. The maximum Gasteiger partial charge on any atom is 0.129 e. The summed E-state index contributed by atoms with van der Waals surface area (Å²) in [5.74, 6) is -0.386. The molecule has 1 aromatic heterocycles. The van der Waals surface area contributed by atoms with Gasteiger partial charge in [-0.2, -0.15) is 0 Å². The van der Waals surface area contributed by atoms with E-state index < -0.39 is 11.6 Å². The first kappa shape index (κ1) is 14.0. The van der Waals surface area contributed by atoms with Gasteiger partial charge in [0.05, 0.1) is 13.2 Å². The molecule has 0 fully saturated rings. The van der Waals surface area contributed by atoms with Gasteiger partial charge in [-0.05, 0) is 30.3 Å². The van der Waals surface area contributed by atoms with Crippen LogP contribution in [0.15, 0.2) is 29.6 Å². The van der Waals surface area contributed by atoms with E-state index in [1.807, 2.05) is 18.4 Å². The van der Waals surface area contributed by atoms with E-state index in [9.17, 15) is 8.78 Å². The van der Waals surface area contributed by atoms with E-state index in [0.29, 0.717) is 12.1 Å². The monoisotopic (exact) mass is 283 g/mol. The minimum Gasteiger partial charge on any atom is -0.496 e. The summed E-state index contributed by atoms with van der Waals surface area (Å²) in [6.45, 7) is 2.65. The number of ether oxygens (including phenoxy) is 1. The van der Waals surface area contributed by atoms with Crippen molar-refractivity contribution < 1.29 is 13.5 Å². The molecule has 0 aliphatic heterocycles. The minimum atomic E-state index is -0.568. The Bertz CT molecular complexity index is 536. The number of hydrogen-bond donors (Lipinski definition) is 1.